The average molecular weight is 390 g/mol. The molecule has 2 bridgehead atoms. The first-order valence-electron chi connectivity index (χ1n) is 10.1. The zero-order valence-electron chi connectivity index (χ0n) is 16.4. The Morgan fingerprint density at radius 1 is 1.00 bits per heavy atom. The summed E-state index contributed by atoms with van der Waals surface area (Å²) in [5.74, 6) is -0.0675. The molecule has 6 nitrogen and oxygen atoms in total. The molecule has 150 valence electrons. The number of nitrogens with one attached hydrogen (secondary N) is 1. The highest BCUT2D eigenvalue weighted by Crippen LogP contribution is 2.16. The van der Waals surface area contributed by atoms with Crippen LogP contribution in [-0.2, 0) is 35.5 Å². The number of nitrogens with zero attached hydrogens (tertiary/aromatic N) is 3. The van der Waals surface area contributed by atoms with E-state index in [1.807, 2.05) is 42.6 Å². The number of aryl methyl sites for hydroxylation is 1. The molecule has 2 heterocycles. The van der Waals surface area contributed by atoms with Crippen LogP contribution in [0.5, 0.6) is 0 Å². The largest absolute Gasteiger partial charge is 0.373 e. The van der Waals surface area contributed by atoms with Gasteiger partial charge < -0.3 is 10.1 Å². The van der Waals surface area contributed by atoms with E-state index in [1.165, 1.54) is 5.56 Å². The van der Waals surface area contributed by atoms with Crippen molar-refractivity contribution in [2.75, 3.05) is 6.61 Å². The van der Waals surface area contributed by atoms with E-state index in [2.05, 4.69) is 39.9 Å². The lowest BCUT2D eigenvalue weighted by Gasteiger charge is -2.23. The Bertz CT molecular complexity index is 911. The van der Waals surface area contributed by atoms with Gasteiger partial charge in [-0.2, -0.15) is 0 Å². The fraction of sp³-hybridized carbons (Fsp3) is 0.348. The van der Waals surface area contributed by atoms with Crippen molar-refractivity contribution in [1.29, 1.82) is 0 Å². The Balaban J connectivity index is 1.53. The number of fused-ring (bicyclic) bond motifs is 2. The standard InChI is InChI=1S/C23H26N4O2/c28-23-20(13-18-7-3-1-4-8-18)11-12-27-15-22(25-26-27)17-29-16-21(24-23)14-19-9-5-2-6-10-19/h1-10,15,20-21H,11-14,16-17H2,(H,24,28)/t20-,21-/m0/s1. The number of benzene rings is 2. The van der Waals surface area contributed by atoms with E-state index in [0.29, 0.717) is 32.6 Å². The van der Waals surface area contributed by atoms with E-state index in [1.54, 1.807) is 4.68 Å². The van der Waals surface area contributed by atoms with Crippen molar-refractivity contribution >= 4 is 5.91 Å². The third-order valence-corrected chi connectivity index (χ3v) is 5.23. The molecule has 3 aromatic rings. The molecule has 1 amide bonds. The summed E-state index contributed by atoms with van der Waals surface area (Å²) in [5, 5.41) is 11.6. The molecule has 0 aliphatic carbocycles. The Kier molecular flexibility index (Phi) is 6.32. The summed E-state index contributed by atoms with van der Waals surface area (Å²) in [5.41, 5.74) is 3.16. The van der Waals surface area contributed by atoms with Gasteiger partial charge in [-0.3, -0.25) is 9.48 Å². The molecule has 2 aromatic carbocycles. The van der Waals surface area contributed by atoms with Crippen LogP contribution in [0.25, 0.3) is 0 Å². The van der Waals surface area contributed by atoms with E-state index in [4.69, 9.17) is 4.74 Å². The number of ether oxygens (including phenoxy) is 1. The number of hydrogen-bond acceptors (Lipinski definition) is 4. The molecule has 29 heavy (non-hydrogen) atoms. The smallest absolute Gasteiger partial charge is 0.223 e. The van der Waals surface area contributed by atoms with E-state index in [-0.39, 0.29) is 17.9 Å². The number of carbonyl (C=O) groups is 1. The van der Waals surface area contributed by atoms with Gasteiger partial charge in [-0.1, -0.05) is 65.9 Å². The zero-order valence-corrected chi connectivity index (χ0v) is 16.4. The second kappa shape index (κ2) is 9.47. The van der Waals surface area contributed by atoms with Gasteiger partial charge in [-0.15, -0.1) is 5.10 Å². The third kappa shape index (κ3) is 5.51. The fourth-order valence-electron chi connectivity index (χ4n) is 3.70. The highest BCUT2D eigenvalue weighted by atomic mass is 16.5. The second-order valence-electron chi connectivity index (χ2n) is 7.56. The van der Waals surface area contributed by atoms with Crippen molar-refractivity contribution in [1.82, 2.24) is 20.3 Å². The van der Waals surface area contributed by atoms with Gasteiger partial charge in [0.05, 0.1) is 25.5 Å². The van der Waals surface area contributed by atoms with Crippen LogP contribution in [0.1, 0.15) is 23.2 Å². The molecule has 2 atom stereocenters. The van der Waals surface area contributed by atoms with E-state index < -0.39 is 0 Å². The maximum atomic E-state index is 13.2. The number of aromatic nitrogens is 3. The first-order valence-corrected chi connectivity index (χ1v) is 10.1. The van der Waals surface area contributed by atoms with Gasteiger partial charge in [0.2, 0.25) is 5.91 Å². The summed E-state index contributed by atoms with van der Waals surface area (Å²) in [6.07, 6.45) is 4.05. The van der Waals surface area contributed by atoms with Crippen molar-refractivity contribution in [3.63, 3.8) is 0 Å². The monoisotopic (exact) mass is 390 g/mol. The van der Waals surface area contributed by atoms with Gasteiger partial charge in [0, 0.05) is 12.5 Å². The van der Waals surface area contributed by atoms with E-state index in [9.17, 15) is 4.79 Å². The molecular formula is C23H26N4O2. The Labute approximate surface area is 170 Å². The Hall–Kier alpha value is -2.99. The van der Waals surface area contributed by atoms with E-state index in [0.717, 1.165) is 17.7 Å². The first-order chi connectivity index (χ1) is 14.3. The minimum absolute atomic E-state index is 0.0688. The van der Waals surface area contributed by atoms with Crippen LogP contribution in [0.4, 0.5) is 0 Å². The number of hydrogen-bond donors (Lipinski definition) is 1. The number of carbonyl (C=O) groups excluding carboxylic acids is 1. The van der Waals surface area contributed by atoms with Crippen LogP contribution in [0.3, 0.4) is 0 Å². The highest BCUT2D eigenvalue weighted by molar-refractivity contribution is 5.79. The van der Waals surface area contributed by atoms with Crippen LogP contribution in [0, 0.1) is 5.92 Å². The second-order valence-corrected chi connectivity index (χ2v) is 7.56. The van der Waals surface area contributed by atoms with Crippen molar-refractivity contribution in [2.24, 2.45) is 5.92 Å². The van der Waals surface area contributed by atoms with Gasteiger partial charge in [0.25, 0.3) is 0 Å². The predicted molar refractivity (Wildman–Crippen MR) is 110 cm³/mol. The van der Waals surface area contributed by atoms with Gasteiger partial charge in [0.1, 0.15) is 5.69 Å². The van der Waals surface area contributed by atoms with Gasteiger partial charge in [-0.25, -0.2) is 0 Å². The highest BCUT2D eigenvalue weighted by Gasteiger charge is 2.23. The minimum Gasteiger partial charge on any atom is -0.373 e. The normalized spacial score (nSPS) is 20.3. The van der Waals surface area contributed by atoms with Gasteiger partial charge in [-0.05, 0) is 30.4 Å². The van der Waals surface area contributed by atoms with Crippen LogP contribution < -0.4 is 5.32 Å². The molecule has 1 aliphatic rings. The molecule has 1 aromatic heterocycles. The fourth-order valence-corrected chi connectivity index (χ4v) is 3.70. The van der Waals surface area contributed by atoms with Crippen LogP contribution >= 0.6 is 0 Å². The molecule has 1 aliphatic heterocycles. The molecular weight excluding hydrogens is 364 g/mol. The van der Waals surface area contributed by atoms with Crippen LogP contribution in [-0.4, -0.2) is 33.5 Å². The van der Waals surface area contributed by atoms with Gasteiger partial charge in [0.15, 0.2) is 0 Å². The zero-order chi connectivity index (χ0) is 19.9. The topological polar surface area (TPSA) is 69.0 Å². The molecule has 0 unspecified atom stereocenters. The third-order valence-electron chi connectivity index (χ3n) is 5.23. The van der Waals surface area contributed by atoms with Crippen LogP contribution in [0.2, 0.25) is 0 Å². The molecule has 0 saturated heterocycles. The first kappa shape index (κ1) is 19.3. The Morgan fingerprint density at radius 2 is 1.69 bits per heavy atom. The van der Waals surface area contributed by atoms with Crippen molar-refractivity contribution in [3.8, 4) is 0 Å². The summed E-state index contributed by atoms with van der Waals surface area (Å²) in [7, 11) is 0. The lowest BCUT2D eigenvalue weighted by Crippen LogP contribution is -2.43. The summed E-state index contributed by atoms with van der Waals surface area (Å²) in [4.78, 5) is 13.2. The van der Waals surface area contributed by atoms with E-state index >= 15 is 0 Å². The SMILES string of the molecule is O=C1N[C@@H](Cc2ccccc2)COCc2cn(nn2)CC[C@H]1Cc1ccccc1. The molecule has 0 fully saturated rings. The van der Waals surface area contributed by atoms with Crippen molar-refractivity contribution in [3.05, 3.63) is 83.7 Å². The maximum absolute atomic E-state index is 13.2. The summed E-state index contributed by atoms with van der Waals surface area (Å²) < 4.78 is 7.66. The number of amides is 1. The maximum Gasteiger partial charge on any atom is 0.223 e. The molecule has 1 N–H and O–H groups in total. The molecule has 0 spiro atoms. The molecule has 6 heteroatoms. The minimum atomic E-state index is -0.136. The summed E-state index contributed by atoms with van der Waals surface area (Å²) in [6.45, 7) is 1.49. The van der Waals surface area contributed by atoms with Crippen molar-refractivity contribution in [2.45, 2.75) is 38.5 Å². The lowest BCUT2D eigenvalue weighted by atomic mass is 9.94. The van der Waals surface area contributed by atoms with Gasteiger partial charge >= 0.3 is 0 Å². The average Bonchev–Trinajstić information content (AvgIpc) is 3.19. The van der Waals surface area contributed by atoms with Crippen molar-refractivity contribution < 1.29 is 9.53 Å². The summed E-state index contributed by atoms with van der Waals surface area (Å²) in [6, 6.07) is 20.3. The predicted octanol–water partition coefficient (Wildman–Crippen LogP) is 2.78. The summed E-state index contributed by atoms with van der Waals surface area (Å²) >= 11 is 0. The quantitative estimate of drug-likeness (QED) is 0.744. The van der Waals surface area contributed by atoms with Crippen LogP contribution in [0.15, 0.2) is 66.9 Å². The Morgan fingerprint density at radius 3 is 2.41 bits per heavy atom. The molecule has 0 radical (unpaired) electrons. The number of rotatable bonds is 4. The molecule has 0 saturated carbocycles. The lowest BCUT2D eigenvalue weighted by molar-refractivity contribution is -0.126. The molecule has 4 rings (SSSR count).